The number of benzene rings is 1. The third kappa shape index (κ3) is 3.66. The van der Waals surface area contributed by atoms with Crippen molar-refractivity contribution in [1.29, 1.82) is 0 Å². The lowest BCUT2D eigenvalue weighted by atomic mass is 9.87. The van der Waals surface area contributed by atoms with Gasteiger partial charge in [0.15, 0.2) is 0 Å². The first kappa shape index (κ1) is 17.3. The molecule has 0 saturated heterocycles. The second-order valence-electron chi connectivity index (χ2n) is 6.89. The SMILES string of the molecule is CCC1(C)CC1C(=O)NC(C)(CC(=O)O)c1cccc(OC)c1. The molecule has 0 aliphatic heterocycles. The Balaban J connectivity index is 2.25. The molecule has 0 heterocycles. The van der Waals surface area contributed by atoms with Crippen molar-refractivity contribution in [3.05, 3.63) is 29.8 Å². The van der Waals surface area contributed by atoms with Crippen LogP contribution >= 0.6 is 0 Å². The third-order valence-electron chi connectivity index (χ3n) is 5.09. The van der Waals surface area contributed by atoms with E-state index in [9.17, 15) is 14.7 Å². The van der Waals surface area contributed by atoms with Crippen molar-refractivity contribution in [3.8, 4) is 5.75 Å². The van der Waals surface area contributed by atoms with E-state index in [1.165, 1.54) is 0 Å². The molecular formula is C18H25NO4. The van der Waals surface area contributed by atoms with Crippen LogP contribution in [0.5, 0.6) is 5.75 Å². The number of hydrogen-bond acceptors (Lipinski definition) is 3. The maximum atomic E-state index is 12.6. The average Bonchev–Trinajstić information content (AvgIpc) is 3.19. The Hall–Kier alpha value is -2.04. The normalized spacial score (nSPS) is 25.3. The van der Waals surface area contributed by atoms with Crippen LogP contribution in [-0.4, -0.2) is 24.1 Å². The van der Waals surface area contributed by atoms with Crippen LogP contribution in [0.25, 0.3) is 0 Å². The first-order valence-corrected chi connectivity index (χ1v) is 7.92. The summed E-state index contributed by atoms with van der Waals surface area (Å²) in [5.41, 5.74) is -0.191. The number of carboxylic acids is 1. The lowest BCUT2D eigenvalue weighted by Gasteiger charge is -2.30. The van der Waals surface area contributed by atoms with Crippen molar-refractivity contribution >= 4 is 11.9 Å². The number of carbonyl (C=O) groups excluding carboxylic acids is 1. The lowest BCUT2D eigenvalue weighted by molar-refractivity contribution is -0.139. The van der Waals surface area contributed by atoms with E-state index < -0.39 is 11.5 Å². The van der Waals surface area contributed by atoms with E-state index in [0.29, 0.717) is 5.75 Å². The number of amides is 1. The maximum Gasteiger partial charge on any atom is 0.306 e. The predicted molar refractivity (Wildman–Crippen MR) is 87.2 cm³/mol. The smallest absolute Gasteiger partial charge is 0.306 e. The highest BCUT2D eigenvalue weighted by Gasteiger charge is 2.54. The maximum absolute atomic E-state index is 12.6. The van der Waals surface area contributed by atoms with Crippen LogP contribution in [0.15, 0.2) is 24.3 Å². The van der Waals surface area contributed by atoms with Crippen molar-refractivity contribution in [2.24, 2.45) is 11.3 Å². The molecule has 0 aromatic heterocycles. The first-order valence-electron chi connectivity index (χ1n) is 7.92. The molecule has 1 fully saturated rings. The molecule has 2 rings (SSSR count). The van der Waals surface area contributed by atoms with Crippen LogP contribution in [-0.2, 0) is 15.1 Å². The van der Waals surface area contributed by atoms with Crippen molar-refractivity contribution in [2.45, 2.75) is 45.6 Å². The summed E-state index contributed by atoms with van der Waals surface area (Å²) < 4.78 is 5.21. The number of ether oxygens (including phenoxy) is 1. The summed E-state index contributed by atoms with van der Waals surface area (Å²) in [6, 6.07) is 7.18. The van der Waals surface area contributed by atoms with Crippen LogP contribution in [0.2, 0.25) is 0 Å². The monoisotopic (exact) mass is 319 g/mol. The zero-order valence-corrected chi connectivity index (χ0v) is 14.2. The summed E-state index contributed by atoms with van der Waals surface area (Å²) in [5, 5.41) is 12.2. The van der Waals surface area contributed by atoms with Gasteiger partial charge in [0.25, 0.3) is 0 Å². The van der Waals surface area contributed by atoms with Gasteiger partial charge in [0.05, 0.1) is 19.1 Å². The molecule has 1 amide bonds. The highest BCUT2D eigenvalue weighted by atomic mass is 16.5. The van der Waals surface area contributed by atoms with Gasteiger partial charge in [-0.25, -0.2) is 0 Å². The zero-order chi connectivity index (χ0) is 17.3. The minimum atomic E-state index is -0.964. The standard InChI is InChI=1S/C18H25NO4/c1-5-17(2)10-14(17)16(22)19-18(3,11-15(20)21)12-7-6-8-13(9-12)23-4/h6-9,14H,5,10-11H2,1-4H3,(H,19,22)(H,20,21). The van der Waals surface area contributed by atoms with Gasteiger partial charge in [0.2, 0.25) is 5.91 Å². The fourth-order valence-corrected chi connectivity index (χ4v) is 3.05. The van der Waals surface area contributed by atoms with E-state index in [1.54, 1.807) is 32.2 Å². The number of aliphatic carboxylic acids is 1. The van der Waals surface area contributed by atoms with Crippen LogP contribution in [0.4, 0.5) is 0 Å². The van der Waals surface area contributed by atoms with Crippen molar-refractivity contribution in [1.82, 2.24) is 5.32 Å². The van der Waals surface area contributed by atoms with Gasteiger partial charge in [-0.15, -0.1) is 0 Å². The van der Waals surface area contributed by atoms with Gasteiger partial charge in [-0.3, -0.25) is 9.59 Å². The number of methoxy groups -OCH3 is 1. The molecule has 5 nitrogen and oxygen atoms in total. The number of nitrogens with one attached hydrogen (secondary N) is 1. The minimum Gasteiger partial charge on any atom is -0.497 e. The van der Waals surface area contributed by atoms with Gasteiger partial charge in [0.1, 0.15) is 5.75 Å². The van der Waals surface area contributed by atoms with E-state index in [4.69, 9.17) is 4.74 Å². The van der Waals surface area contributed by atoms with Crippen molar-refractivity contribution < 1.29 is 19.4 Å². The predicted octanol–water partition coefficient (Wildman–Crippen LogP) is 2.94. The average molecular weight is 319 g/mol. The molecule has 1 saturated carbocycles. The number of hydrogen-bond donors (Lipinski definition) is 2. The quantitative estimate of drug-likeness (QED) is 0.810. The summed E-state index contributed by atoms with van der Waals surface area (Å²) in [7, 11) is 1.56. The zero-order valence-electron chi connectivity index (χ0n) is 14.2. The Morgan fingerprint density at radius 2 is 2.17 bits per heavy atom. The molecule has 1 aromatic rings. The molecule has 3 unspecified atom stereocenters. The topological polar surface area (TPSA) is 75.6 Å². The summed E-state index contributed by atoms with van der Waals surface area (Å²) >= 11 is 0. The fourth-order valence-electron chi connectivity index (χ4n) is 3.05. The molecule has 2 N–H and O–H groups in total. The van der Waals surface area contributed by atoms with Gasteiger partial charge in [-0.2, -0.15) is 0 Å². The Morgan fingerprint density at radius 1 is 1.48 bits per heavy atom. The summed E-state index contributed by atoms with van der Waals surface area (Å²) in [4.78, 5) is 23.9. The number of carbonyl (C=O) groups is 2. The van der Waals surface area contributed by atoms with Gasteiger partial charge >= 0.3 is 5.97 Å². The second-order valence-corrected chi connectivity index (χ2v) is 6.89. The molecule has 5 heteroatoms. The third-order valence-corrected chi connectivity index (χ3v) is 5.09. The summed E-state index contributed by atoms with van der Waals surface area (Å²) in [5.74, 6) is -0.421. The molecule has 1 aliphatic rings. The first-order chi connectivity index (χ1) is 10.7. The Bertz CT molecular complexity index is 615. The van der Waals surface area contributed by atoms with Crippen molar-refractivity contribution in [2.75, 3.05) is 7.11 Å². The van der Waals surface area contributed by atoms with E-state index in [0.717, 1.165) is 18.4 Å². The molecule has 0 radical (unpaired) electrons. The van der Waals surface area contributed by atoms with E-state index in [2.05, 4.69) is 19.2 Å². The fraction of sp³-hybridized carbons (Fsp3) is 0.556. The molecule has 0 bridgehead atoms. The van der Waals surface area contributed by atoms with Gasteiger partial charge < -0.3 is 15.2 Å². The molecule has 1 aromatic carbocycles. The molecular weight excluding hydrogens is 294 g/mol. The van der Waals surface area contributed by atoms with Gasteiger partial charge in [-0.1, -0.05) is 26.0 Å². The molecule has 3 atom stereocenters. The van der Waals surface area contributed by atoms with Crippen LogP contribution in [0, 0.1) is 11.3 Å². The minimum absolute atomic E-state index is 0.0359. The lowest BCUT2D eigenvalue weighted by Crippen LogP contribution is -2.46. The number of rotatable bonds is 7. The molecule has 23 heavy (non-hydrogen) atoms. The highest BCUT2D eigenvalue weighted by Crippen LogP contribution is 2.55. The highest BCUT2D eigenvalue weighted by molar-refractivity contribution is 5.84. The van der Waals surface area contributed by atoms with Gasteiger partial charge in [0, 0.05) is 5.92 Å². The van der Waals surface area contributed by atoms with Crippen LogP contribution in [0.1, 0.15) is 45.6 Å². The van der Waals surface area contributed by atoms with Crippen LogP contribution < -0.4 is 10.1 Å². The second kappa shape index (κ2) is 6.22. The Morgan fingerprint density at radius 3 is 2.70 bits per heavy atom. The van der Waals surface area contributed by atoms with Crippen molar-refractivity contribution in [3.63, 3.8) is 0 Å². The Kier molecular flexibility index (Phi) is 4.68. The molecule has 0 spiro atoms. The summed E-state index contributed by atoms with van der Waals surface area (Å²) in [6.07, 6.45) is 1.62. The summed E-state index contributed by atoms with van der Waals surface area (Å²) in [6.45, 7) is 5.92. The molecule has 1 aliphatic carbocycles. The molecule has 126 valence electrons. The van der Waals surface area contributed by atoms with E-state index >= 15 is 0 Å². The van der Waals surface area contributed by atoms with Crippen LogP contribution in [0.3, 0.4) is 0 Å². The van der Waals surface area contributed by atoms with E-state index in [-0.39, 0.29) is 23.7 Å². The van der Waals surface area contributed by atoms with E-state index in [1.807, 2.05) is 6.07 Å². The van der Waals surface area contributed by atoms with Gasteiger partial charge in [-0.05, 0) is 42.9 Å². The number of carboxylic acid groups (broad SMARTS) is 1. The largest absolute Gasteiger partial charge is 0.497 e. The Labute approximate surface area is 137 Å².